The first-order valence-corrected chi connectivity index (χ1v) is 6.84. The number of hydrazine groups is 1. The van der Waals surface area contributed by atoms with E-state index in [1.54, 1.807) is 35.8 Å². The van der Waals surface area contributed by atoms with E-state index in [1.165, 1.54) is 18.4 Å². The summed E-state index contributed by atoms with van der Waals surface area (Å²) in [6.07, 6.45) is 4.71. The zero-order valence-corrected chi connectivity index (χ0v) is 12.7. The Hall–Kier alpha value is -3.54. The number of nitrogens with zero attached hydrogens (tertiary/aromatic N) is 3. The van der Waals surface area contributed by atoms with Gasteiger partial charge in [-0.1, -0.05) is 18.2 Å². The van der Waals surface area contributed by atoms with Crippen LogP contribution in [0.3, 0.4) is 0 Å². The van der Waals surface area contributed by atoms with Crippen LogP contribution in [0.25, 0.3) is 0 Å². The number of rotatable bonds is 4. The second-order valence-electron chi connectivity index (χ2n) is 4.60. The van der Waals surface area contributed by atoms with Crippen molar-refractivity contribution in [2.75, 3.05) is 0 Å². The van der Waals surface area contributed by atoms with Gasteiger partial charge < -0.3 is 26.5 Å². The molecule has 0 aliphatic heterocycles. The molecule has 5 N–H and O–H groups in total. The average molecular weight is 346 g/mol. The van der Waals surface area contributed by atoms with Crippen molar-refractivity contribution < 1.29 is 15.3 Å². The summed E-state index contributed by atoms with van der Waals surface area (Å²) in [5, 5.41) is 50.5. The van der Waals surface area contributed by atoms with Crippen molar-refractivity contribution in [3.05, 3.63) is 81.7 Å². The van der Waals surface area contributed by atoms with Crippen LogP contribution in [0.15, 0.2) is 71.0 Å². The predicted molar refractivity (Wildman–Crippen MR) is 89.0 cm³/mol. The van der Waals surface area contributed by atoms with Crippen LogP contribution in [0.1, 0.15) is 0 Å². The van der Waals surface area contributed by atoms with Crippen molar-refractivity contribution in [1.29, 1.82) is 0 Å². The van der Waals surface area contributed by atoms with E-state index in [2.05, 4.69) is 15.8 Å². The molecule has 0 heterocycles. The summed E-state index contributed by atoms with van der Waals surface area (Å²) in [4.78, 5) is 3.33. The van der Waals surface area contributed by atoms with Crippen molar-refractivity contribution in [1.82, 2.24) is 21.6 Å². The molecule has 0 radical (unpaired) electrons. The van der Waals surface area contributed by atoms with Gasteiger partial charge in [-0.15, -0.1) is 5.23 Å². The zero-order valence-electron chi connectivity index (χ0n) is 12.7. The van der Waals surface area contributed by atoms with Crippen LogP contribution in [0, 0.1) is 15.6 Å². The number of nitrogens with one attached hydrogen (secondary N) is 3. The number of hydroxylamine groups is 3. The molecule has 11 heteroatoms. The lowest BCUT2D eigenvalue weighted by Gasteiger charge is -2.19. The smallest absolute Gasteiger partial charge is 0.225 e. The van der Waals surface area contributed by atoms with Crippen molar-refractivity contribution >= 4 is 17.4 Å². The molecule has 25 heavy (non-hydrogen) atoms. The first-order valence-electron chi connectivity index (χ1n) is 6.84. The van der Waals surface area contributed by atoms with E-state index in [0.29, 0.717) is 5.69 Å². The molecule has 2 rings (SSSR count). The van der Waals surface area contributed by atoms with Crippen LogP contribution in [-0.4, -0.2) is 32.2 Å². The molecule has 1 aromatic rings. The van der Waals surface area contributed by atoms with Gasteiger partial charge in [-0.3, -0.25) is 15.8 Å². The summed E-state index contributed by atoms with van der Waals surface area (Å²) in [5.41, 5.74) is 6.79. The molecule has 1 aliphatic rings. The highest BCUT2D eigenvalue weighted by molar-refractivity contribution is 6.03. The van der Waals surface area contributed by atoms with Gasteiger partial charge in [-0.2, -0.15) is 4.90 Å². The molecular weight excluding hydrogens is 332 g/mol. The van der Waals surface area contributed by atoms with Gasteiger partial charge in [0.15, 0.2) is 0 Å². The van der Waals surface area contributed by atoms with Crippen molar-refractivity contribution in [2.45, 2.75) is 0 Å². The van der Waals surface area contributed by atoms with E-state index in [9.17, 15) is 26.0 Å². The fraction of sp³-hybridized carbons (Fsp3) is 0. The van der Waals surface area contributed by atoms with E-state index in [4.69, 9.17) is 0 Å². The van der Waals surface area contributed by atoms with E-state index >= 15 is 0 Å². The molecule has 0 bridgehead atoms. The number of allylic oxidation sites excluding steroid dienone is 3. The van der Waals surface area contributed by atoms with E-state index in [-0.39, 0.29) is 28.2 Å². The van der Waals surface area contributed by atoms with Crippen LogP contribution in [-0.2, 0) is 0 Å². The number of hydrogen-bond donors (Lipinski definition) is 5. The molecule has 0 spiro atoms. The Bertz CT molecular complexity index is 750. The van der Waals surface area contributed by atoms with Gasteiger partial charge in [-0.05, 0) is 18.2 Å². The van der Waals surface area contributed by atoms with E-state index in [1.807, 2.05) is 0 Å². The number of benzene rings is 1. The number of hydrogen-bond acceptors (Lipinski definition) is 8. The molecule has 1 aromatic carbocycles. The maximum Gasteiger partial charge on any atom is 0.225 e. The Morgan fingerprint density at radius 3 is 2.48 bits per heavy atom. The molecule has 0 saturated carbocycles. The van der Waals surface area contributed by atoms with Gasteiger partial charge in [0.2, 0.25) is 11.7 Å². The summed E-state index contributed by atoms with van der Waals surface area (Å²) >= 11 is 0. The standard InChI is InChI=1S/C14H14N6O5/c21-18-14(16-11-4-2-1-3-5-11)17-15-9-10-6-7-12(19(22)23)8-13(10)20(24)25/h1-9,15,24-25H,(H2-2,16,17,18,21,22,23)/q-2/b10-9+. The van der Waals surface area contributed by atoms with Gasteiger partial charge in [0, 0.05) is 23.9 Å². The Morgan fingerprint density at radius 2 is 1.88 bits per heavy atom. The Balaban J connectivity index is 2.10. The van der Waals surface area contributed by atoms with E-state index in [0.717, 1.165) is 6.08 Å². The highest BCUT2D eigenvalue weighted by Crippen LogP contribution is 2.17. The van der Waals surface area contributed by atoms with Crippen molar-refractivity contribution in [3.63, 3.8) is 0 Å². The number of guanidine groups is 1. The monoisotopic (exact) mass is 346 g/mol. The van der Waals surface area contributed by atoms with Gasteiger partial charge in [0.05, 0.1) is 5.69 Å². The predicted octanol–water partition coefficient (Wildman–Crippen LogP) is 0.723. The van der Waals surface area contributed by atoms with Gasteiger partial charge in [0.25, 0.3) is 0 Å². The van der Waals surface area contributed by atoms with Crippen LogP contribution < -0.4 is 16.3 Å². The minimum absolute atomic E-state index is 0.143. The van der Waals surface area contributed by atoms with Crippen molar-refractivity contribution in [2.24, 2.45) is 4.99 Å². The summed E-state index contributed by atoms with van der Waals surface area (Å²) in [6.45, 7) is 0. The molecule has 0 aromatic heterocycles. The van der Waals surface area contributed by atoms with Gasteiger partial charge in [0.1, 0.15) is 5.70 Å². The fourth-order valence-corrected chi connectivity index (χ4v) is 1.83. The molecule has 0 amide bonds. The summed E-state index contributed by atoms with van der Waals surface area (Å²) < 4.78 is 0. The lowest BCUT2D eigenvalue weighted by atomic mass is 10.1. The second kappa shape index (κ2) is 8.35. The third-order valence-electron chi connectivity index (χ3n) is 2.95. The molecule has 0 unspecified atom stereocenters. The highest BCUT2D eigenvalue weighted by Gasteiger charge is 2.16. The molecule has 11 nitrogen and oxygen atoms in total. The topological polar surface area (TPSA) is 164 Å². The summed E-state index contributed by atoms with van der Waals surface area (Å²) in [5.74, 6) is -0.143. The molecule has 132 valence electrons. The second-order valence-corrected chi connectivity index (χ2v) is 4.60. The Morgan fingerprint density at radius 1 is 1.16 bits per heavy atom. The maximum atomic E-state index is 10.9. The minimum Gasteiger partial charge on any atom is -0.759 e. The van der Waals surface area contributed by atoms with Gasteiger partial charge >= 0.3 is 0 Å². The lowest BCUT2D eigenvalue weighted by Crippen LogP contribution is -2.41. The SMILES string of the molecule is [O-]NC(=Nc1ccccc1)NN/C=C1\C=CC(=[N+]([O-])[O-])C=C1N(O)O. The fourth-order valence-electron chi connectivity index (χ4n) is 1.83. The third kappa shape index (κ3) is 4.97. The van der Waals surface area contributed by atoms with Crippen LogP contribution in [0.4, 0.5) is 5.69 Å². The number of aliphatic imine (C=N–C) groups is 1. The average Bonchev–Trinajstić information content (AvgIpc) is 2.61. The van der Waals surface area contributed by atoms with Crippen LogP contribution in [0.2, 0.25) is 0 Å². The Kier molecular flexibility index (Phi) is 5.95. The van der Waals surface area contributed by atoms with Crippen molar-refractivity contribution in [3.8, 4) is 0 Å². The maximum absolute atomic E-state index is 10.9. The zero-order chi connectivity index (χ0) is 18.2. The first kappa shape index (κ1) is 17.8. The normalized spacial score (nSPS) is 15.6. The summed E-state index contributed by atoms with van der Waals surface area (Å²) in [7, 11) is 0. The Labute approximate surface area is 141 Å². The highest BCUT2D eigenvalue weighted by atomic mass is 16.8. The molecular formula is C14H14N6O5-2. The minimum atomic E-state index is -0.672. The largest absolute Gasteiger partial charge is 0.759 e. The first-order chi connectivity index (χ1) is 12.0. The molecule has 0 saturated heterocycles. The summed E-state index contributed by atoms with van der Waals surface area (Å²) in [6, 6.07) is 8.68. The quantitative estimate of drug-likeness (QED) is 0.228. The third-order valence-corrected chi connectivity index (χ3v) is 2.95. The van der Waals surface area contributed by atoms with Crippen LogP contribution in [0.5, 0.6) is 0 Å². The lowest BCUT2D eigenvalue weighted by molar-refractivity contribution is -0.377. The van der Waals surface area contributed by atoms with Gasteiger partial charge in [-0.25, -0.2) is 4.99 Å². The van der Waals surface area contributed by atoms with Crippen LogP contribution >= 0.6 is 0 Å². The molecule has 0 fully saturated rings. The molecule has 1 aliphatic carbocycles. The molecule has 0 atom stereocenters. The van der Waals surface area contributed by atoms with E-state index < -0.39 is 4.90 Å². The number of para-hydroxylation sites is 1.